The van der Waals surface area contributed by atoms with Gasteiger partial charge in [0.15, 0.2) is 19.7 Å². The van der Waals surface area contributed by atoms with Crippen LogP contribution < -0.4 is 19.3 Å². The van der Waals surface area contributed by atoms with Crippen molar-refractivity contribution >= 4 is 58.4 Å². The first-order valence-corrected chi connectivity index (χ1v) is 22.7. The van der Waals surface area contributed by atoms with Gasteiger partial charge in [0.2, 0.25) is 0 Å². The highest BCUT2D eigenvalue weighted by Gasteiger charge is 2.45. The molecule has 2 unspecified atom stereocenters. The Morgan fingerprint density at radius 2 is 1.04 bits per heavy atom. The van der Waals surface area contributed by atoms with Crippen LogP contribution in [0, 0.1) is 29.6 Å². The van der Waals surface area contributed by atoms with Crippen LogP contribution in [0.15, 0.2) is 99.2 Å². The minimum atomic E-state index is -3.48. The fourth-order valence-electron chi connectivity index (χ4n) is 7.90. The normalized spacial score (nSPS) is 21.6. The molecule has 8 nitrogen and oxygen atoms in total. The van der Waals surface area contributed by atoms with E-state index in [1.807, 2.05) is 79.7 Å². The molecule has 11 heteroatoms. The second-order valence-electron chi connectivity index (χ2n) is 15.3. The minimum Gasteiger partial charge on any atom is -0.496 e. The van der Waals surface area contributed by atoms with Gasteiger partial charge in [-0.05, 0) is 89.5 Å². The van der Waals surface area contributed by atoms with Gasteiger partial charge >= 0.3 is 0 Å². The van der Waals surface area contributed by atoms with Crippen LogP contribution in [0.1, 0.15) is 59.9 Å². The van der Waals surface area contributed by atoms with E-state index < -0.39 is 19.7 Å². The maximum atomic E-state index is 13.4. The van der Waals surface area contributed by atoms with Crippen molar-refractivity contribution in [2.45, 2.75) is 71.1 Å². The molecule has 4 aromatic carbocycles. The molecule has 0 aliphatic carbocycles. The van der Waals surface area contributed by atoms with Crippen molar-refractivity contribution in [2.75, 3.05) is 48.6 Å². The van der Waals surface area contributed by atoms with Gasteiger partial charge in [-0.25, -0.2) is 16.8 Å². The largest absolute Gasteiger partial charge is 0.496 e. The number of fused-ring (bicyclic) bond motifs is 2. The number of ether oxygens (including phenoxy) is 2. The van der Waals surface area contributed by atoms with Gasteiger partial charge < -0.3 is 19.3 Å². The molecular formula is C43H55BrN2O6S2. The van der Waals surface area contributed by atoms with E-state index in [0.717, 1.165) is 39.9 Å². The lowest BCUT2D eigenvalue weighted by molar-refractivity contribution is 0.224. The van der Waals surface area contributed by atoms with Gasteiger partial charge in [-0.15, -0.1) is 0 Å². The second-order valence-corrected chi connectivity index (χ2v) is 20.1. The Balaban J connectivity index is 0.000000208. The molecule has 0 saturated heterocycles. The van der Waals surface area contributed by atoms with E-state index in [-0.39, 0.29) is 34.2 Å². The Morgan fingerprint density at radius 1 is 0.648 bits per heavy atom. The number of nitrogens with zero attached hydrogens (tertiary/aromatic N) is 2. The molecule has 2 atom stereocenters. The first-order valence-electron chi connectivity index (χ1n) is 18.6. The van der Waals surface area contributed by atoms with Gasteiger partial charge in [-0.3, -0.25) is 0 Å². The van der Waals surface area contributed by atoms with Gasteiger partial charge in [-0.2, -0.15) is 0 Å². The number of halogens is 1. The molecule has 0 radical (unpaired) electrons. The number of anilines is 4. The Hall–Kier alpha value is -3.54. The summed E-state index contributed by atoms with van der Waals surface area (Å²) in [6.45, 7) is 16.0. The molecule has 0 N–H and O–H groups in total. The topological polar surface area (TPSA) is 93.2 Å². The average Bonchev–Trinajstić information content (AvgIpc) is 3.32. The predicted octanol–water partition coefficient (Wildman–Crippen LogP) is 10.4. The molecule has 0 aromatic heterocycles. The van der Waals surface area contributed by atoms with Crippen LogP contribution >= 0.6 is 15.9 Å². The van der Waals surface area contributed by atoms with Crippen LogP contribution in [-0.2, 0) is 19.7 Å². The quantitative estimate of drug-likeness (QED) is 0.173. The van der Waals surface area contributed by atoms with Crippen molar-refractivity contribution in [1.82, 2.24) is 0 Å². The summed E-state index contributed by atoms with van der Waals surface area (Å²) in [6, 6.07) is 27.2. The van der Waals surface area contributed by atoms with E-state index in [0.29, 0.717) is 40.1 Å². The van der Waals surface area contributed by atoms with E-state index in [2.05, 4.69) is 67.3 Å². The number of aryl methyl sites for hydroxylation is 1. The third-order valence-electron chi connectivity index (χ3n) is 11.9. The third kappa shape index (κ3) is 8.05. The number of hydrogen-bond donors (Lipinski definition) is 0. The molecule has 0 amide bonds. The van der Waals surface area contributed by atoms with Crippen molar-refractivity contribution in [2.24, 2.45) is 22.7 Å². The molecule has 6 rings (SSSR count). The van der Waals surface area contributed by atoms with Crippen molar-refractivity contribution < 1.29 is 26.3 Å². The molecule has 2 aliphatic rings. The lowest BCUT2D eigenvalue weighted by atomic mass is 9.76. The number of hydrogen-bond acceptors (Lipinski definition) is 8. The number of para-hydroxylation sites is 2. The smallest absolute Gasteiger partial charge is 0.181 e. The fraction of sp³-hybridized carbons (Fsp3) is 0.442. The number of methoxy groups -OCH3 is 2. The van der Waals surface area contributed by atoms with Crippen LogP contribution in [0.5, 0.6) is 11.5 Å². The number of rotatable bonds is 8. The zero-order valence-corrected chi connectivity index (χ0v) is 36.2. The highest BCUT2D eigenvalue weighted by molar-refractivity contribution is 9.10. The van der Waals surface area contributed by atoms with Crippen LogP contribution in [0.2, 0.25) is 0 Å². The standard InChI is InChI=1S/C22H29NO3S.C21H26BrNO3S/c1-6-22(16(2)3)14-23(18-10-8-7-9-11-18)19-12-17(4)20(26-5)13-21(19)27(24,25)15-22;1-5-21(15(2)3)13-23(16-9-7-6-8-10-16)18-11-17(22)19(26-4)12-20(18)27(24,25)14-21/h7-13,16H,6,14-15H2,1-5H3;6-12,15H,5,13-14H2,1-4H3. The maximum absolute atomic E-state index is 13.4. The lowest BCUT2D eigenvalue weighted by Crippen LogP contribution is -2.41. The Morgan fingerprint density at radius 3 is 1.41 bits per heavy atom. The first kappa shape index (κ1) is 41.6. The highest BCUT2D eigenvalue weighted by Crippen LogP contribution is 2.49. The molecule has 0 bridgehead atoms. The van der Waals surface area contributed by atoms with Crippen molar-refractivity contribution in [3.63, 3.8) is 0 Å². The van der Waals surface area contributed by atoms with Crippen LogP contribution in [0.3, 0.4) is 0 Å². The zero-order valence-electron chi connectivity index (χ0n) is 33.0. The van der Waals surface area contributed by atoms with Crippen LogP contribution in [0.25, 0.3) is 0 Å². The van der Waals surface area contributed by atoms with Gasteiger partial charge in [0.05, 0.1) is 51.4 Å². The molecule has 0 saturated carbocycles. The maximum Gasteiger partial charge on any atom is 0.181 e. The molecule has 2 heterocycles. The minimum absolute atomic E-state index is 0.134. The predicted molar refractivity (Wildman–Crippen MR) is 225 cm³/mol. The van der Waals surface area contributed by atoms with Gasteiger partial charge in [0, 0.05) is 47.4 Å². The summed E-state index contributed by atoms with van der Waals surface area (Å²) in [5, 5.41) is 0. The van der Waals surface area contributed by atoms with Crippen molar-refractivity contribution in [3.8, 4) is 11.5 Å². The highest BCUT2D eigenvalue weighted by atomic mass is 79.9. The Bertz CT molecular complexity index is 2010. The summed E-state index contributed by atoms with van der Waals surface area (Å²) in [4.78, 5) is 5.02. The van der Waals surface area contributed by atoms with Crippen LogP contribution in [-0.4, -0.2) is 55.7 Å². The summed E-state index contributed by atoms with van der Waals surface area (Å²) in [5.74, 6) is 1.88. The molecule has 0 spiro atoms. The second kappa shape index (κ2) is 16.3. The molecule has 0 fully saturated rings. The van der Waals surface area contributed by atoms with Crippen molar-refractivity contribution in [1.29, 1.82) is 0 Å². The molecule has 4 aromatic rings. The first-order chi connectivity index (χ1) is 25.5. The summed E-state index contributed by atoms with van der Waals surface area (Å²) in [5.41, 5.74) is 3.72. The van der Waals surface area contributed by atoms with Gasteiger partial charge in [0.1, 0.15) is 11.5 Å². The number of sulfone groups is 2. The van der Waals surface area contributed by atoms with Crippen molar-refractivity contribution in [3.05, 3.63) is 95.0 Å². The van der Waals surface area contributed by atoms with E-state index in [9.17, 15) is 16.8 Å². The Kier molecular flexibility index (Phi) is 12.5. The Labute approximate surface area is 331 Å². The summed E-state index contributed by atoms with van der Waals surface area (Å²) < 4.78 is 65.3. The third-order valence-corrected chi connectivity index (χ3v) is 16.4. The van der Waals surface area contributed by atoms with Gasteiger partial charge in [0.25, 0.3) is 0 Å². The molecule has 292 valence electrons. The monoisotopic (exact) mass is 838 g/mol. The fourth-order valence-corrected chi connectivity index (χ4v) is 13.0. The van der Waals surface area contributed by atoms with Gasteiger partial charge in [-0.1, -0.05) is 77.9 Å². The van der Waals surface area contributed by atoms with Crippen LogP contribution in [0.4, 0.5) is 22.7 Å². The molecule has 54 heavy (non-hydrogen) atoms. The van der Waals surface area contributed by atoms with E-state index >= 15 is 0 Å². The summed E-state index contributed by atoms with van der Waals surface area (Å²) in [7, 11) is -3.80. The molecule has 2 aliphatic heterocycles. The summed E-state index contributed by atoms with van der Waals surface area (Å²) in [6.07, 6.45) is 1.59. The number of benzene rings is 4. The SMILES string of the molecule is CCC1(C(C)C)CN(c2ccccc2)c2cc(Br)c(OC)cc2S(=O)(=O)C1.CCC1(C(C)C)CN(c2ccccc2)c2cc(C)c(OC)cc2S(=O)(=O)C1. The zero-order chi connectivity index (χ0) is 39.6. The van der Waals surface area contributed by atoms with E-state index in [4.69, 9.17) is 9.47 Å². The average molecular weight is 840 g/mol. The van der Waals surface area contributed by atoms with E-state index in [1.54, 1.807) is 26.4 Å². The lowest BCUT2D eigenvalue weighted by Gasteiger charge is -2.39. The molecular weight excluding hydrogens is 785 g/mol. The summed E-state index contributed by atoms with van der Waals surface area (Å²) >= 11 is 3.53. The van der Waals surface area contributed by atoms with E-state index in [1.165, 1.54) is 0 Å².